The molecule has 0 saturated heterocycles. The SMILES string of the molecule is CCOc1cc2c(cc1OCC)[C@@H](c1ccc(OC)cc1OC)[NH2+]CC2. The number of fused-ring (bicyclic) bond motifs is 1. The summed E-state index contributed by atoms with van der Waals surface area (Å²) in [5.74, 6) is 3.27. The average Bonchev–Trinajstić information content (AvgIpc) is 2.68. The molecule has 0 aliphatic carbocycles. The van der Waals surface area contributed by atoms with Gasteiger partial charge in [0.1, 0.15) is 17.5 Å². The van der Waals surface area contributed by atoms with Gasteiger partial charge in [0, 0.05) is 18.1 Å². The first-order valence-electron chi connectivity index (χ1n) is 9.19. The molecule has 2 aromatic rings. The smallest absolute Gasteiger partial charge is 0.161 e. The largest absolute Gasteiger partial charge is 0.497 e. The maximum atomic E-state index is 5.84. The molecule has 0 unspecified atom stereocenters. The van der Waals surface area contributed by atoms with Crippen LogP contribution in [0.1, 0.15) is 36.6 Å². The van der Waals surface area contributed by atoms with Crippen molar-refractivity contribution in [2.24, 2.45) is 0 Å². The Hall–Kier alpha value is -2.40. The van der Waals surface area contributed by atoms with Crippen molar-refractivity contribution in [3.05, 3.63) is 47.0 Å². The fourth-order valence-electron chi connectivity index (χ4n) is 3.56. The fourth-order valence-corrected chi connectivity index (χ4v) is 3.56. The Balaban J connectivity index is 2.07. The Morgan fingerprint density at radius 2 is 1.62 bits per heavy atom. The molecule has 0 spiro atoms. The van der Waals surface area contributed by atoms with Crippen molar-refractivity contribution in [1.29, 1.82) is 0 Å². The van der Waals surface area contributed by atoms with E-state index >= 15 is 0 Å². The van der Waals surface area contributed by atoms with E-state index in [4.69, 9.17) is 18.9 Å². The summed E-state index contributed by atoms with van der Waals surface area (Å²) in [6.07, 6.45) is 1.01. The summed E-state index contributed by atoms with van der Waals surface area (Å²) in [5, 5.41) is 2.35. The van der Waals surface area contributed by atoms with Gasteiger partial charge in [0.05, 0.1) is 39.5 Å². The molecule has 1 heterocycles. The number of benzene rings is 2. The van der Waals surface area contributed by atoms with Gasteiger partial charge >= 0.3 is 0 Å². The van der Waals surface area contributed by atoms with Crippen LogP contribution in [0.5, 0.6) is 23.0 Å². The Labute approximate surface area is 155 Å². The molecule has 1 aliphatic rings. The van der Waals surface area contributed by atoms with E-state index in [-0.39, 0.29) is 6.04 Å². The molecule has 0 saturated carbocycles. The summed E-state index contributed by atoms with van der Waals surface area (Å²) in [7, 11) is 3.37. The Kier molecular flexibility index (Phi) is 5.89. The highest BCUT2D eigenvalue weighted by Gasteiger charge is 2.29. The summed E-state index contributed by atoms with van der Waals surface area (Å²) in [4.78, 5) is 0. The minimum atomic E-state index is 0.162. The molecule has 2 N–H and O–H groups in total. The number of hydrogen-bond acceptors (Lipinski definition) is 4. The zero-order valence-corrected chi connectivity index (χ0v) is 16.0. The van der Waals surface area contributed by atoms with Crippen molar-refractivity contribution in [1.82, 2.24) is 0 Å². The Morgan fingerprint density at radius 1 is 0.885 bits per heavy atom. The molecule has 1 aliphatic heterocycles. The normalized spacial score (nSPS) is 15.9. The molecule has 0 bridgehead atoms. The summed E-state index contributed by atoms with van der Waals surface area (Å²) in [5.41, 5.74) is 3.70. The van der Waals surface area contributed by atoms with E-state index in [1.165, 1.54) is 11.1 Å². The molecule has 26 heavy (non-hydrogen) atoms. The van der Waals surface area contributed by atoms with Gasteiger partial charge in [0.2, 0.25) is 0 Å². The van der Waals surface area contributed by atoms with Crippen LogP contribution in [-0.4, -0.2) is 34.0 Å². The first-order chi connectivity index (χ1) is 12.7. The van der Waals surface area contributed by atoms with Gasteiger partial charge in [-0.15, -0.1) is 0 Å². The number of hydrogen-bond donors (Lipinski definition) is 1. The first kappa shape index (κ1) is 18.4. The fraction of sp³-hybridized carbons (Fsp3) is 0.429. The Morgan fingerprint density at radius 3 is 2.27 bits per heavy atom. The van der Waals surface area contributed by atoms with Gasteiger partial charge in [0.25, 0.3) is 0 Å². The third kappa shape index (κ3) is 3.58. The molecular formula is C21H28NO4+. The van der Waals surface area contributed by atoms with Gasteiger partial charge in [-0.25, -0.2) is 0 Å². The second-order valence-corrected chi connectivity index (χ2v) is 6.22. The van der Waals surface area contributed by atoms with Crippen molar-refractivity contribution >= 4 is 0 Å². The summed E-state index contributed by atoms with van der Waals surface area (Å²) < 4.78 is 22.6. The molecule has 2 aromatic carbocycles. The van der Waals surface area contributed by atoms with Crippen molar-refractivity contribution in [3.8, 4) is 23.0 Å². The molecule has 0 amide bonds. The summed E-state index contributed by atoms with van der Waals surface area (Å²) >= 11 is 0. The monoisotopic (exact) mass is 358 g/mol. The predicted octanol–water partition coefficient (Wildman–Crippen LogP) is 2.71. The van der Waals surface area contributed by atoms with E-state index in [0.29, 0.717) is 13.2 Å². The predicted molar refractivity (Wildman–Crippen MR) is 101 cm³/mol. The lowest BCUT2D eigenvalue weighted by Gasteiger charge is -2.27. The standard InChI is InChI=1S/C21H27NO4/c1-5-25-19-11-14-9-10-22-21(17(14)13-20(19)26-6-2)16-8-7-15(23-3)12-18(16)24-4/h7-8,11-13,21-22H,5-6,9-10H2,1-4H3/p+1/t21-/m1/s1. The summed E-state index contributed by atoms with van der Waals surface area (Å²) in [6, 6.07) is 10.4. The van der Waals surface area contributed by atoms with Crippen LogP contribution in [0, 0.1) is 0 Å². The number of quaternary nitrogens is 1. The second kappa shape index (κ2) is 8.32. The van der Waals surface area contributed by atoms with Crippen LogP contribution in [-0.2, 0) is 6.42 Å². The highest BCUT2D eigenvalue weighted by molar-refractivity contribution is 5.53. The van der Waals surface area contributed by atoms with Crippen molar-refractivity contribution in [2.45, 2.75) is 26.3 Å². The second-order valence-electron chi connectivity index (χ2n) is 6.22. The zero-order chi connectivity index (χ0) is 18.5. The average molecular weight is 358 g/mol. The van der Waals surface area contributed by atoms with Gasteiger partial charge in [-0.2, -0.15) is 0 Å². The van der Waals surface area contributed by atoms with Crippen LogP contribution in [0.2, 0.25) is 0 Å². The van der Waals surface area contributed by atoms with Crippen LogP contribution in [0.4, 0.5) is 0 Å². The van der Waals surface area contributed by atoms with E-state index in [9.17, 15) is 0 Å². The minimum Gasteiger partial charge on any atom is -0.497 e. The lowest BCUT2D eigenvalue weighted by Crippen LogP contribution is -2.87. The van der Waals surface area contributed by atoms with Crippen LogP contribution in [0.25, 0.3) is 0 Å². The van der Waals surface area contributed by atoms with E-state index < -0.39 is 0 Å². The van der Waals surface area contributed by atoms with Crippen molar-refractivity contribution in [3.63, 3.8) is 0 Å². The van der Waals surface area contributed by atoms with Crippen LogP contribution < -0.4 is 24.3 Å². The first-order valence-corrected chi connectivity index (χ1v) is 9.19. The molecule has 5 nitrogen and oxygen atoms in total. The van der Waals surface area contributed by atoms with E-state index in [1.807, 2.05) is 26.0 Å². The van der Waals surface area contributed by atoms with Crippen LogP contribution in [0.15, 0.2) is 30.3 Å². The molecular weight excluding hydrogens is 330 g/mol. The topological polar surface area (TPSA) is 53.5 Å². The minimum absolute atomic E-state index is 0.162. The molecule has 0 aromatic heterocycles. The lowest BCUT2D eigenvalue weighted by molar-refractivity contribution is -0.690. The van der Waals surface area contributed by atoms with Crippen molar-refractivity contribution in [2.75, 3.05) is 34.0 Å². The summed E-state index contributed by atoms with van der Waals surface area (Å²) in [6.45, 7) is 6.24. The number of methoxy groups -OCH3 is 2. The number of rotatable bonds is 7. The van der Waals surface area contributed by atoms with Crippen LogP contribution >= 0.6 is 0 Å². The van der Waals surface area contributed by atoms with Gasteiger partial charge in [-0.05, 0) is 43.7 Å². The van der Waals surface area contributed by atoms with Crippen LogP contribution in [0.3, 0.4) is 0 Å². The number of ether oxygens (including phenoxy) is 4. The molecule has 140 valence electrons. The van der Waals surface area contributed by atoms with Gasteiger partial charge in [-0.1, -0.05) is 0 Å². The maximum absolute atomic E-state index is 5.84. The molecule has 5 heteroatoms. The Bertz CT molecular complexity index is 760. The highest BCUT2D eigenvalue weighted by atomic mass is 16.5. The molecule has 0 fully saturated rings. The quantitative estimate of drug-likeness (QED) is 0.827. The maximum Gasteiger partial charge on any atom is 0.161 e. The van der Waals surface area contributed by atoms with Gasteiger partial charge in [-0.3, -0.25) is 0 Å². The highest BCUT2D eigenvalue weighted by Crippen LogP contribution is 2.38. The van der Waals surface area contributed by atoms with Crippen molar-refractivity contribution < 1.29 is 24.3 Å². The van der Waals surface area contributed by atoms with E-state index in [1.54, 1.807) is 14.2 Å². The third-order valence-electron chi connectivity index (χ3n) is 4.73. The molecule has 1 atom stereocenters. The molecule has 0 radical (unpaired) electrons. The third-order valence-corrected chi connectivity index (χ3v) is 4.73. The van der Waals surface area contributed by atoms with E-state index in [2.05, 4.69) is 23.5 Å². The van der Waals surface area contributed by atoms with Gasteiger partial charge < -0.3 is 24.3 Å². The van der Waals surface area contributed by atoms with E-state index in [0.717, 1.165) is 41.5 Å². The lowest BCUT2D eigenvalue weighted by atomic mass is 9.89. The number of nitrogens with two attached hydrogens (primary N) is 1. The van der Waals surface area contributed by atoms with Gasteiger partial charge in [0.15, 0.2) is 11.5 Å². The zero-order valence-electron chi connectivity index (χ0n) is 16.0. The molecule has 3 rings (SSSR count).